The number of carbonyl (C=O) groups is 1. The maximum atomic E-state index is 13.6. The monoisotopic (exact) mass is 695 g/mol. The number of alkyl halides is 2. The first-order chi connectivity index (χ1) is 23.6. The van der Waals surface area contributed by atoms with Gasteiger partial charge in [-0.25, -0.2) is 18.6 Å². The Morgan fingerprint density at radius 2 is 1.92 bits per heavy atom. The number of methoxy groups -OCH3 is 2. The lowest BCUT2D eigenvalue weighted by molar-refractivity contribution is -0.0717. The molecule has 2 saturated carbocycles. The highest BCUT2D eigenvalue weighted by atomic mass is 35.5. The van der Waals surface area contributed by atoms with Crippen molar-refractivity contribution in [3.63, 3.8) is 0 Å². The summed E-state index contributed by atoms with van der Waals surface area (Å²) in [7, 11) is 2.84. The van der Waals surface area contributed by atoms with Crippen molar-refractivity contribution in [3.05, 3.63) is 70.8 Å². The maximum Gasteiger partial charge on any atom is 0.338 e. The zero-order valence-electron chi connectivity index (χ0n) is 27.3. The molecule has 0 N–H and O–H groups in total. The van der Waals surface area contributed by atoms with Crippen molar-refractivity contribution in [2.45, 2.75) is 69.2 Å². The molecule has 0 amide bonds. The first-order valence-electron chi connectivity index (χ1n) is 16.4. The molecule has 258 valence electrons. The van der Waals surface area contributed by atoms with E-state index in [0.29, 0.717) is 51.1 Å². The summed E-state index contributed by atoms with van der Waals surface area (Å²) in [5, 5.41) is 0.536. The zero-order valence-corrected chi connectivity index (χ0v) is 28.1. The Bertz CT molecular complexity index is 1920. The molecule has 0 radical (unpaired) electrons. The minimum Gasteiger partial charge on any atom is -0.494 e. The van der Waals surface area contributed by atoms with Crippen LogP contribution in [0.4, 0.5) is 14.5 Å². The van der Waals surface area contributed by atoms with E-state index in [0.717, 1.165) is 37.4 Å². The Labute approximate surface area is 286 Å². The molecule has 4 aliphatic rings. The second kappa shape index (κ2) is 12.0. The highest BCUT2D eigenvalue weighted by molar-refractivity contribution is 6.30. The number of nitrogens with zero attached hydrogens (tertiary/aromatic N) is 5. The van der Waals surface area contributed by atoms with Crippen molar-refractivity contribution >= 4 is 34.3 Å². The summed E-state index contributed by atoms with van der Waals surface area (Å²) < 4.78 is 58.1. The van der Waals surface area contributed by atoms with Gasteiger partial charge in [0, 0.05) is 51.3 Å². The highest BCUT2D eigenvalue weighted by Gasteiger charge is 2.58. The van der Waals surface area contributed by atoms with Gasteiger partial charge in [-0.3, -0.25) is 9.88 Å². The molecule has 3 fully saturated rings. The van der Waals surface area contributed by atoms with E-state index in [1.165, 1.54) is 14.2 Å². The average molecular weight is 696 g/mol. The van der Waals surface area contributed by atoms with Crippen molar-refractivity contribution in [1.29, 1.82) is 0 Å². The summed E-state index contributed by atoms with van der Waals surface area (Å²) in [5.41, 5.74) is 3.15. The number of fused-ring (bicyclic) bond motifs is 3. The van der Waals surface area contributed by atoms with Crippen molar-refractivity contribution in [2.24, 2.45) is 0 Å². The van der Waals surface area contributed by atoms with E-state index in [1.54, 1.807) is 30.5 Å². The predicted octanol–water partition coefficient (Wildman–Crippen LogP) is 5.80. The molecule has 2 aromatic carbocycles. The summed E-state index contributed by atoms with van der Waals surface area (Å²) in [6.07, 6.45) is 2.27. The minimum atomic E-state index is -2.78. The molecule has 4 heterocycles. The van der Waals surface area contributed by atoms with E-state index in [4.69, 9.17) is 40.3 Å². The van der Waals surface area contributed by atoms with Crippen LogP contribution in [0, 0.1) is 0 Å². The van der Waals surface area contributed by atoms with Crippen LogP contribution in [0.15, 0.2) is 48.7 Å². The number of hydrogen-bond acceptors (Lipinski definition) is 10. The summed E-state index contributed by atoms with van der Waals surface area (Å²) in [6.45, 7) is 4.23. The standard InChI is InChI=1S/C35H36ClF2N5O6/c1-34(28-10-7-21(36)18-39-28)48-26-6-4-5-24(32(26)49-34)42-12-11-41(22-8-9-23(22)42)19-30-40-31-25(15-20(33(44)46-3)16-27(31)45-2)43(30)13-14-47-29-17-35(29,37)38/h4-7,10,15-16,18,22-23,29H,8-9,11-14,17,19H2,1-3H3/t22-,23-,29?,34?/m1/s1. The lowest BCUT2D eigenvalue weighted by Gasteiger charge is -2.54. The number of ether oxygens (including phenoxy) is 5. The van der Waals surface area contributed by atoms with Gasteiger partial charge in [-0.2, -0.15) is 0 Å². The number of carbonyl (C=O) groups excluding carboxylic acids is 1. The molecular weight excluding hydrogens is 660 g/mol. The Morgan fingerprint density at radius 3 is 2.61 bits per heavy atom. The molecule has 4 atom stereocenters. The van der Waals surface area contributed by atoms with E-state index < -0.39 is 23.8 Å². The predicted molar refractivity (Wildman–Crippen MR) is 176 cm³/mol. The van der Waals surface area contributed by atoms with Crippen molar-refractivity contribution < 1.29 is 37.3 Å². The van der Waals surface area contributed by atoms with E-state index in [-0.39, 0.29) is 31.7 Å². The molecule has 2 aromatic heterocycles. The van der Waals surface area contributed by atoms with Gasteiger partial charge in [0.1, 0.15) is 28.9 Å². The molecule has 14 heteroatoms. The fraction of sp³-hybridized carbons (Fsp3) is 0.457. The number of pyridine rings is 1. The van der Waals surface area contributed by atoms with Gasteiger partial charge < -0.3 is 33.2 Å². The molecule has 1 saturated heterocycles. The van der Waals surface area contributed by atoms with Gasteiger partial charge in [0.15, 0.2) is 11.5 Å². The number of imidazole rings is 1. The van der Waals surface area contributed by atoms with Crippen molar-refractivity contribution in [3.8, 4) is 17.2 Å². The number of aromatic nitrogens is 3. The highest BCUT2D eigenvalue weighted by Crippen LogP contribution is 2.51. The summed E-state index contributed by atoms with van der Waals surface area (Å²) in [4.78, 5) is 26.8. The van der Waals surface area contributed by atoms with Gasteiger partial charge in [-0.1, -0.05) is 17.7 Å². The van der Waals surface area contributed by atoms with Crippen LogP contribution in [-0.4, -0.2) is 83.4 Å². The second-order valence-corrected chi connectivity index (χ2v) is 13.5. The molecule has 8 rings (SSSR count). The third-order valence-corrected chi connectivity index (χ3v) is 10.3. The molecule has 0 bridgehead atoms. The van der Waals surface area contributed by atoms with Gasteiger partial charge >= 0.3 is 5.97 Å². The fourth-order valence-electron chi connectivity index (χ4n) is 7.24. The quantitative estimate of drug-likeness (QED) is 0.189. The molecule has 2 aliphatic heterocycles. The van der Waals surface area contributed by atoms with E-state index >= 15 is 0 Å². The van der Waals surface area contributed by atoms with Gasteiger partial charge in [-0.05, 0) is 49.2 Å². The lowest BCUT2D eigenvalue weighted by Crippen LogP contribution is -2.64. The van der Waals surface area contributed by atoms with Crippen LogP contribution in [0.2, 0.25) is 5.02 Å². The minimum absolute atomic E-state index is 0.0783. The molecule has 11 nitrogen and oxygen atoms in total. The fourth-order valence-corrected chi connectivity index (χ4v) is 7.36. The van der Waals surface area contributed by atoms with Gasteiger partial charge in [-0.15, -0.1) is 0 Å². The second-order valence-electron chi connectivity index (χ2n) is 13.0. The number of hydrogen-bond donors (Lipinski definition) is 0. The Balaban J connectivity index is 1.05. The molecule has 49 heavy (non-hydrogen) atoms. The summed E-state index contributed by atoms with van der Waals surface area (Å²) >= 11 is 6.08. The summed E-state index contributed by atoms with van der Waals surface area (Å²) in [5.74, 6) is -1.85. The van der Waals surface area contributed by atoms with Gasteiger partial charge in [0.2, 0.25) is 0 Å². The number of piperazine rings is 1. The summed E-state index contributed by atoms with van der Waals surface area (Å²) in [6, 6.07) is 13.3. The number of halogens is 3. The lowest BCUT2D eigenvalue weighted by atomic mass is 9.81. The van der Waals surface area contributed by atoms with Crippen molar-refractivity contribution in [2.75, 3.05) is 38.8 Å². The molecule has 2 aliphatic carbocycles. The van der Waals surface area contributed by atoms with E-state index in [9.17, 15) is 13.6 Å². The first kappa shape index (κ1) is 32.0. The largest absolute Gasteiger partial charge is 0.494 e. The average Bonchev–Trinajstić information content (AvgIpc) is 3.34. The Kier molecular flexibility index (Phi) is 7.84. The van der Waals surface area contributed by atoms with E-state index in [1.807, 2.05) is 23.6 Å². The number of rotatable bonds is 10. The van der Waals surface area contributed by atoms with Crippen LogP contribution in [0.25, 0.3) is 11.0 Å². The normalized spacial score (nSPS) is 25.2. The molecular formula is C35H36ClF2N5O6. The van der Waals surface area contributed by atoms with E-state index in [2.05, 4.69) is 20.9 Å². The van der Waals surface area contributed by atoms with Crippen LogP contribution < -0.4 is 19.1 Å². The third-order valence-electron chi connectivity index (χ3n) is 10.0. The van der Waals surface area contributed by atoms with Crippen molar-refractivity contribution in [1.82, 2.24) is 19.4 Å². The topological polar surface area (TPSA) is 100 Å². The molecule has 0 spiro atoms. The number of para-hydroxylation sites is 1. The Hall–Kier alpha value is -4.20. The Morgan fingerprint density at radius 1 is 1.10 bits per heavy atom. The maximum absolute atomic E-state index is 13.6. The van der Waals surface area contributed by atoms with Gasteiger partial charge in [0.25, 0.3) is 11.7 Å². The van der Waals surface area contributed by atoms with Crippen LogP contribution in [0.3, 0.4) is 0 Å². The zero-order chi connectivity index (χ0) is 34.1. The third kappa shape index (κ3) is 5.61. The van der Waals surface area contributed by atoms with Crippen LogP contribution >= 0.6 is 11.6 Å². The number of anilines is 1. The first-order valence-corrected chi connectivity index (χ1v) is 16.7. The van der Waals surface area contributed by atoms with Crippen LogP contribution in [0.1, 0.15) is 48.1 Å². The van der Waals surface area contributed by atoms with Crippen LogP contribution in [-0.2, 0) is 28.4 Å². The SMILES string of the molecule is COC(=O)c1cc(OC)c2nc(CN3CCN(c4cccc5c4OC(C)(c4ccc(Cl)cn4)O5)[C@@H]4CC[C@H]43)n(CCOC3CC3(F)F)c2c1. The molecule has 2 unspecified atom stereocenters. The number of benzene rings is 2. The smallest absolute Gasteiger partial charge is 0.338 e. The molecule has 4 aromatic rings. The number of esters is 1. The van der Waals surface area contributed by atoms with Gasteiger partial charge in [0.05, 0.1) is 49.2 Å². The van der Waals surface area contributed by atoms with Crippen LogP contribution in [0.5, 0.6) is 17.2 Å².